The number of rotatable bonds is 4. The SMILES string of the molecule is Cc1cc(NC(=O)Cc2ccc(C(F)(F)F)cc2)ccc1-n1cnnn1. The van der Waals surface area contributed by atoms with Crippen LogP contribution in [-0.4, -0.2) is 26.1 Å². The lowest BCUT2D eigenvalue weighted by molar-refractivity contribution is -0.137. The van der Waals surface area contributed by atoms with Crippen LogP contribution in [0.3, 0.4) is 0 Å². The van der Waals surface area contributed by atoms with Crippen molar-refractivity contribution in [1.82, 2.24) is 20.2 Å². The summed E-state index contributed by atoms with van der Waals surface area (Å²) in [7, 11) is 0. The third-order valence-corrected chi connectivity index (χ3v) is 3.72. The van der Waals surface area contributed by atoms with Crippen LogP contribution in [0.5, 0.6) is 0 Å². The Kier molecular flexibility index (Phi) is 4.70. The third-order valence-electron chi connectivity index (χ3n) is 3.72. The summed E-state index contributed by atoms with van der Waals surface area (Å²) in [6.07, 6.45) is -2.95. The van der Waals surface area contributed by atoms with Crippen molar-refractivity contribution >= 4 is 11.6 Å². The number of aryl methyl sites for hydroxylation is 1. The van der Waals surface area contributed by atoms with Crippen molar-refractivity contribution in [3.63, 3.8) is 0 Å². The van der Waals surface area contributed by atoms with E-state index in [0.29, 0.717) is 11.3 Å². The zero-order chi connectivity index (χ0) is 18.7. The number of tetrazole rings is 1. The van der Waals surface area contributed by atoms with Gasteiger partial charge < -0.3 is 5.32 Å². The standard InChI is InChI=1S/C17H14F3N5O/c1-11-8-14(6-7-15(11)25-10-21-23-24-25)22-16(26)9-12-2-4-13(5-3-12)17(18,19)20/h2-8,10H,9H2,1H3,(H,22,26). The van der Waals surface area contributed by atoms with E-state index in [1.807, 2.05) is 6.92 Å². The number of nitrogens with one attached hydrogen (secondary N) is 1. The second-order valence-electron chi connectivity index (χ2n) is 5.68. The molecule has 0 fully saturated rings. The van der Waals surface area contributed by atoms with E-state index in [9.17, 15) is 18.0 Å². The summed E-state index contributed by atoms with van der Waals surface area (Å²) in [6, 6.07) is 9.76. The predicted molar refractivity (Wildman–Crippen MR) is 87.7 cm³/mol. The topological polar surface area (TPSA) is 72.7 Å². The molecule has 3 rings (SSSR count). The molecule has 1 amide bonds. The normalized spacial score (nSPS) is 11.4. The lowest BCUT2D eigenvalue weighted by Gasteiger charge is -2.10. The number of anilines is 1. The number of aromatic nitrogens is 4. The fourth-order valence-electron chi connectivity index (χ4n) is 2.46. The highest BCUT2D eigenvalue weighted by atomic mass is 19.4. The number of nitrogens with zero attached hydrogens (tertiary/aromatic N) is 4. The van der Waals surface area contributed by atoms with E-state index in [4.69, 9.17) is 0 Å². The van der Waals surface area contributed by atoms with Gasteiger partial charge in [-0.05, 0) is 58.8 Å². The van der Waals surface area contributed by atoms with E-state index >= 15 is 0 Å². The monoisotopic (exact) mass is 361 g/mol. The van der Waals surface area contributed by atoms with Crippen molar-refractivity contribution in [1.29, 1.82) is 0 Å². The Hall–Kier alpha value is -3.23. The summed E-state index contributed by atoms with van der Waals surface area (Å²) in [4.78, 5) is 12.1. The molecule has 26 heavy (non-hydrogen) atoms. The molecule has 134 valence electrons. The van der Waals surface area contributed by atoms with Gasteiger partial charge in [-0.15, -0.1) is 5.10 Å². The molecule has 0 aliphatic carbocycles. The minimum atomic E-state index is -4.39. The van der Waals surface area contributed by atoms with E-state index < -0.39 is 11.7 Å². The van der Waals surface area contributed by atoms with E-state index in [0.717, 1.165) is 23.4 Å². The summed E-state index contributed by atoms with van der Waals surface area (Å²) in [5, 5.41) is 13.7. The number of amides is 1. The van der Waals surface area contributed by atoms with Gasteiger partial charge in [0.15, 0.2) is 0 Å². The van der Waals surface area contributed by atoms with Crippen molar-refractivity contribution in [3.05, 3.63) is 65.5 Å². The van der Waals surface area contributed by atoms with Crippen LogP contribution >= 0.6 is 0 Å². The van der Waals surface area contributed by atoms with Crippen molar-refractivity contribution < 1.29 is 18.0 Å². The number of carbonyl (C=O) groups is 1. The first-order chi connectivity index (χ1) is 12.3. The van der Waals surface area contributed by atoms with Gasteiger partial charge in [-0.1, -0.05) is 12.1 Å². The minimum Gasteiger partial charge on any atom is -0.326 e. The smallest absolute Gasteiger partial charge is 0.326 e. The summed E-state index contributed by atoms with van der Waals surface area (Å²) in [6.45, 7) is 1.85. The van der Waals surface area contributed by atoms with Gasteiger partial charge in [-0.25, -0.2) is 4.68 Å². The van der Waals surface area contributed by atoms with E-state index in [-0.39, 0.29) is 12.3 Å². The minimum absolute atomic E-state index is 0.0219. The van der Waals surface area contributed by atoms with Crippen molar-refractivity contribution in [2.75, 3.05) is 5.32 Å². The number of hydrogen-bond donors (Lipinski definition) is 1. The van der Waals surface area contributed by atoms with E-state index in [2.05, 4.69) is 20.8 Å². The highest BCUT2D eigenvalue weighted by molar-refractivity contribution is 5.92. The van der Waals surface area contributed by atoms with Crippen LogP contribution in [0.2, 0.25) is 0 Å². The highest BCUT2D eigenvalue weighted by Crippen LogP contribution is 2.29. The van der Waals surface area contributed by atoms with Gasteiger partial charge in [-0.2, -0.15) is 13.2 Å². The first-order valence-corrected chi connectivity index (χ1v) is 7.63. The maximum absolute atomic E-state index is 12.5. The molecule has 0 aliphatic heterocycles. The molecule has 0 radical (unpaired) electrons. The second-order valence-corrected chi connectivity index (χ2v) is 5.68. The van der Waals surface area contributed by atoms with E-state index in [1.165, 1.54) is 23.1 Å². The quantitative estimate of drug-likeness (QED) is 0.775. The molecule has 1 heterocycles. The Morgan fingerprint density at radius 1 is 1.15 bits per heavy atom. The average molecular weight is 361 g/mol. The molecule has 0 saturated heterocycles. The van der Waals surface area contributed by atoms with Gasteiger partial charge in [0.25, 0.3) is 0 Å². The van der Waals surface area contributed by atoms with Gasteiger partial charge in [0.1, 0.15) is 6.33 Å². The lowest BCUT2D eigenvalue weighted by atomic mass is 10.1. The van der Waals surface area contributed by atoms with Gasteiger partial charge in [0.05, 0.1) is 17.7 Å². The highest BCUT2D eigenvalue weighted by Gasteiger charge is 2.29. The Bertz CT molecular complexity index is 905. The molecule has 0 saturated carbocycles. The molecule has 1 aromatic heterocycles. The zero-order valence-electron chi connectivity index (χ0n) is 13.7. The first-order valence-electron chi connectivity index (χ1n) is 7.63. The second kappa shape index (κ2) is 6.95. The van der Waals surface area contributed by atoms with Crippen LogP contribution in [0.4, 0.5) is 18.9 Å². The summed E-state index contributed by atoms with van der Waals surface area (Å²) < 4.78 is 39.1. The number of halogens is 3. The van der Waals surface area contributed by atoms with Gasteiger partial charge in [0.2, 0.25) is 5.91 Å². The molecule has 0 atom stereocenters. The largest absolute Gasteiger partial charge is 0.416 e. The van der Waals surface area contributed by atoms with Crippen LogP contribution in [0.15, 0.2) is 48.8 Å². The number of carbonyl (C=O) groups excluding carboxylic acids is 1. The lowest BCUT2D eigenvalue weighted by Crippen LogP contribution is -2.15. The summed E-state index contributed by atoms with van der Waals surface area (Å²) in [5.41, 5.74) is 1.96. The van der Waals surface area contributed by atoms with Crippen molar-refractivity contribution in [2.24, 2.45) is 0 Å². The van der Waals surface area contributed by atoms with Crippen molar-refractivity contribution in [3.8, 4) is 5.69 Å². The van der Waals surface area contributed by atoms with Gasteiger partial charge in [-0.3, -0.25) is 4.79 Å². The molecule has 0 unspecified atom stereocenters. The molecular formula is C17H14F3N5O. The zero-order valence-corrected chi connectivity index (χ0v) is 13.7. The number of alkyl halides is 3. The van der Waals surface area contributed by atoms with Crippen LogP contribution in [0, 0.1) is 6.92 Å². The molecule has 6 nitrogen and oxygen atoms in total. The molecular weight excluding hydrogens is 347 g/mol. The molecule has 0 aliphatic rings. The Balaban J connectivity index is 1.66. The Labute approximate surface area is 146 Å². The van der Waals surface area contributed by atoms with Crippen LogP contribution < -0.4 is 5.32 Å². The number of benzene rings is 2. The average Bonchev–Trinajstić information content (AvgIpc) is 3.08. The maximum Gasteiger partial charge on any atom is 0.416 e. The fourth-order valence-corrected chi connectivity index (χ4v) is 2.46. The molecule has 2 aromatic carbocycles. The van der Waals surface area contributed by atoms with Gasteiger partial charge in [0, 0.05) is 5.69 Å². The predicted octanol–water partition coefficient (Wildman–Crippen LogP) is 3.17. The van der Waals surface area contributed by atoms with Crippen molar-refractivity contribution in [2.45, 2.75) is 19.5 Å². The van der Waals surface area contributed by atoms with Gasteiger partial charge >= 0.3 is 6.18 Å². The van der Waals surface area contributed by atoms with Crippen LogP contribution in [-0.2, 0) is 17.4 Å². The Morgan fingerprint density at radius 3 is 2.46 bits per heavy atom. The number of hydrogen-bond acceptors (Lipinski definition) is 4. The van der Waals surface area contributed by atoms with E-state index in [1.54, 1.807) is 18.2 Å². The van der Waals surface area contributed by atoms with Crippen LogP contribution in [0.1, 0.15) is 16.7 Å². The molecule has 1 N–H and O–H groups in total. The Morgan fingerprint density at radius 2 is 1.88 bits per heavy atom. The molecule has 0 bridgehead atoms. The first kappa shape index (κ1) is 17.6. The summed E-state index contributed by atoms with van der Waals surface area (Å²) >= 11 is 0. The fraction of sp³-hybridized carbons (Fsp3) is 0.176. The van der Waals surface area contributed by atoms with Crippen LogP contribution in [0.25, 0.3) is 5.69 Å². The summed E-state index contributed by atoms with van der Waals surface area (Å²) in [5.74, 6) is -0.320. The molecule has 3 aromatic rings. The maximum atomic E-state index is 12.5. The third kappa shape index (κ3) is 4.05. The molecule has 0 spiro atoms. The molecule has 9 heteroatoms.